The van der Waals surface area contributed by atoms with Gasteiger partial charge >= 0.3 is 21.1 Å². The van der Waals surface area contributed by atoms with Gasteiger partial charge in [-0.25, -0.2) is 4.98 Å². The maximum Gasteiger partial charge on any atom is 2.00 e. The monoisotopic (exact) mass is 759 g/mol. The van der Waals surface area contributed by atoms with E-state index in [4.69, 9.17) is 9.72 Å². The Morgan fingerprint density at radius 3 is 2.07 bits per heavy atom. The van der Waals surface area contributed by atoms with Crippen LogP contribution in [0, 0.1) is 19.1 Å². The van der Waals surface area contributed by atoms with Crippen molar-refractivity contribution in [3.8, 4) is 28.6 Å². The Morgan fingerprint density at radius 1 is 0.622 bits per heavy atom. The van der Waals surface area contributed by atoms with E-state index in [2.05, 4.69) is 112 Å². The van der Waals surface area contributed by atoms with E-state index in [1.165, 1.54) is 0 Å². The molecule has 45 heavy (non-hydrogen) atoms. The van der Waals surface area contributed by atoms with E-state index in [0.29, 0.717) is 11.5 Å². The Labute approximate surface area is 273 Å². The van der Waals surface area contributed by atoms with Crippen molar-refractivity contribution >= 4 is 49.1 Å². The number of hydrogen-bond donors (Lipinski definition) is 0. The molecule has 5 aromatic carbocycles. The Bertz CT molecular complexity index is 2540. The predicted molar refractivity (Wildman–Crippen MR) is 177 cm³/mol. The number of imidazole rings is 1. The van der Waals surface area contributed by atoms with Crippen LogP contribution in [0.4, 0.5) is 0 Å². The first-order valence-corrected chi connectivity index (χ1v) is 14.6. The van der Waals surface area contributed by atoms with Crippen LogP contribution in [-0.2, 0) is 21.1 Å². The second-order valence-electron chi connectivity index (χ2n) is 10.9. The van der Waals surface area contributed by atoms with Gasteiger partial charge in [-0.2, -0.15) is 6.07 Å². The maximum atomic E-state index is 6.48. The average molecular weight is 760 g/mol. The molecule has 216 valence electrons. The van der Waals surface area contributed by atoms with Crippen molar-refractivity contribution in [2.75, 3.05) is 0 Å². The van der Waals surface area contributed by atoms with Crippen LogP contribution in [0.2, 0.25) is 0 Å². The Hall–Kier alpha value is -5.25. The third-order valence-electron chi connectivity index (χ3n) is 8.33. The molecule has 4 aromatic heterocycles. The smallest absolute Gasteiger partial charge is 0.503 e. The molecular weight excluding hydrogens is 736 g/mol. The SMILES string of the molecule is Cc1nc2c3[c-]c(Oc4[c-]c5c(cc4)c4ccccc4n5-c4ccccn4)ccc3c3ccccc3n2c1-c1ccccc1.[Pt+2]. The Kier molecular flexibility index (Phi) is 6.51. The predicted octanol–water partition coefficient (Wildman–Crippen LogP) is 9.50. The molecule has 0 bridgehead atoms. The molecule has 0 saturated carbocycles. The number of ether oxygens (including phenoxy) is 1. The summed E-state index contributed by atoms with van der Waals surface area (Å²) in [6.07, 6.45) is 1.81. The minimum Gasteiger partial charge on any atom is -0.503 e. The first-order chi connectivity index (χ1) is 21.7. The molecule has 9 rings (SSSR count). The van der Waals surface area contributed by atoms with Gasteiger partial charge in [0.25, 0.3) is 0 Å². The van der Waals surface area contributed by atoms with Gasteiger partial charge in [-0.15, -0.1) is 29.7 Å². The Morgan fingerprint density at radius 2 is 1.29 bits per heavy atom. The average Bonchev–Trinajstić information content (AvgIpc) is 3.60. The molecule has 0 aliphatic heterocycles. The first-order valence-electron chi connectivity index (χ1n) is 14.6. The van der Waals surface area contributed by atoms with E-state index in [-0.39, 0.29) is 21.1 Å². The molecule has 5 nitrogen and oxygen atoms in total. The van der Waals surface area contributed by atoms with E-state index in [1.807, 2.05) is 48.7 Å². The topological polar surface area (TPSA) is 44.3 Å². The van der Waals surface area contributed by atoms with Gasteiger partial charge in [0.2, 0.25) is 0 Å². The number of rotatable bonds is 4. The summed E-state index contributed by atoms with van der Waals surface area (Å²) in [5.74, 6) is 2.05. The minimum atomic E-state index is 0. The number of fused-ring (bicyclic) bond motifs is 9. The summed E-state index contributed by atoms with van der Waals surface area (Å²) >= 11 is 0. The minimum absolute atomic E-state index is 0. The van der Waals surface area contributed by atoms with Crippen molar-refractivity contribution in [3.63, 3.8) is 0 Å². The third kappa shape index (κ3) is 4.27. The summed E-state index contributed by atoms with van der Waals surface area (Å²) in [6, 6.07) is 48.5. The van der Waals surface area contributed by atoms with E-state index >= 15 is 0 Å². The maximum absolute atomic E-state index is 6.48. The normalized spacial score (nSPS) is 11.5. The van der Waals surface area contributed by atoms with Crippen LogP contribution in [0.1, 0.15) is 5.69 Å². The fraction of sp³-hybridized carbons (Fsp3) is 0.0256. The zero-order chi connectivity index (χ0) is 29.2. The zero-order valence-corrected chi connectivity index (χ0v) is 26.4. The quantitative estimate of drug-likeness (QED) is 0.133. The van der Waals surface area contributed by atoms with Crippen molar-refractivity contribution in [2.24, 2.45) is 0 Å². The van der Waals surface area contributed by atoms with Gasteiger partial charge in [0.1, 0.15) is 5.82 Å². The largest absolute Gasteiger partial charge is 2.00 e. The van der Waals surface area contributed by atoms with Crippen LogP contribution in [0.25, 0.3) is 66.2 Å². The standard InChI is InChI=1S/C39H24N4O.Pt/c1-25-38(26-11-3-2-4-12-26)43-35-16-8-5-13-30(35)29-20-18-27(23-33(29)39(43)41-25)44-28-19-21-32-31-14-6-7-15-34(31)42(36(32)24-28)37-17-9-10-22-40-37;/h2-22H,1H3;/q-2;+2. The number of pyridine rings is 2. The molecule has 0 aliphatic rings. The zero-order valence-electron chi connectivity index (χ0n) is 24.1. The van der Waals surface area contributed by atoms with E-state index in [9.17, 15) is 0 Å². The van der Waals surface area contributed by atoms with Crippen LogP contribution >= 0.6 is 0 Å². The second kappa shape index (κ2) is 10.7. The fourth-order valence-electron chi connectivity index (χ4n) is 6.47. The van der Waals surface area contributed by atoms with Crippen molar-refractivity contribution < 1.29 is 25.8 Å². The molecule has 0 aliphatic carbocycles. The van der Waals surface area contributed by atoms with Gasteiger partial charge in [-0.05, 0) is 47.5 Å². The molecule has 9 aromatic rings. The molecule has 0 fully saturated rings. The van der Waals surface area contributed by atoms with E-state index < -0.39 is 0 Å². The summed E-state index contributed by atoms with van der Waals surface area (Å²) < 4.78 is 10.9. The van der Waals surface area contributed by atoms with Crippen LogP contribution in [0.3, 0.4) is 0 Å². The van der Waals surface area contributed by atoms with Crippen LogP contribution in [-0.4, -0.2) is 18.9 Å². The van der Waals surface area contributed by atoms with E-state index in [1.54, 1.807) is 0 Å². The van der Waals surface area contributed by atoms with Gasteiger partial charge in [-0.1, -0.05) is 95.2 Å². The summed E-state index contributed by atoms with van der Waals surface area (Å²) in [6.45, 7) is 2.07. The van der Waals surface area contributed by atoms with E-state index in [0.717, 1.165) is 71.9 Å². The van der Waals surface area contributed by atoms with Crippen molar-refractivity contribution in [2.45, 2.75) is 6.92 Å². The number of aromatic nitrogens is 4. The molecule has 0 spiro atoms. The molecular formula is C39H24N4OPt. The van der Waals surface area contributed by atoms with Crippen LogP contribution in [0.5, 0.6) is 11.5 Å². The summed E-state index contributed by atoms with van der Waals surface area (Å²) in [5.41, 5.74) is 7.13. The number of para-hydroxylation sites is 2. The summed E-state index contributed by atoms with van der Waals surface area (Å²) in [7, 11) is 0. The fourth-order valence-corrected chi connectivity index (χ4v) is 6.47. The first kappa shape index (κ1) is 27.3. The molecule has 0 N–H and O–H groups in total. The molecule has 0 radical (unpaired) electrons. The van der Waals surface area contributed by atoms with Gasteiger partial charge in [0.05, 0.1) is 17.0 Å². The molecule has 0 saturated heterocycles. The molecule has 0 amide bonds. The molecule has 6 heteroatoms. The molecule has 0 unspecified atom stereocenters. The van der Waals surface area contributed by atoms with Crippen LogP contribution < -0.4 is 4.74 Å². The Balaban J connectivity index is 0.00000300. The van der Waals surface area contributed by atoms with Gasteiger partial charge in [0.15, 0.2) is 0 Å². The van der Waals surface area contributed by atoms with Crippen molar-refractivity contribution in [1.82, 2.24) is 18.9 Å². The number of aryl methyl sites for hydroxylation is 1. The van der Waals surface area contributed by atoms with Crippen molar-refractivity contribution in [1.29, 1.82) is 0 Å². The second-order valence-corrected chi connectivity index (χ2v) is 10.9. The third-order valence-corrected chi connectivity index (χ3v) is 8.33. The number of nitrogens with zero attached hydrogens (tertiary/aromatic N) is 4. The van der Waals surface area contributed by atoms with Gasteiger partial charge < -0.3 is 13.7 Å². The summed E-state index contributed by atoms with van der Waals surface area (Å²) in [5, 5.41) is 5.37. The number of benzene rings is 5. The van der Waals surface area contributed by atoms with Crippen LogP contribution in [0.15, 0.2) is 128 Å². The van der Waals surface area contributed by atoms with Crippen molar-refractivity contribution in [3.05, 3.63) is 145 Å². The molecule has 4 heterocycles. The number of hydrogen-bond acceptors (Lipinski definition) is 3. The summed E-state index contributed by atoms with van der Waals surface area (Å²) in [4.78, 5) is 9.73. The van der Waals surface area contributed by atoms with Gasteiger partial charge in [-0.3, -0.25) is 4.98 Å². The van der Waals surface area contributed by atoms with Gasteiger partial charge in [0, 0.05) is 28.7 Å². The molecule has 0 atom stereocenters.